The summed E-state index contributed by atoms with van der Waals surface area (Å²) in [5.41, 5.74) is 7.82. The van der Waals surface area contributed by atoms with Crippen LogP contribution in [0.1, 0.15) is 18.9 Å². The van der Waals surface area contributed by atoms with Crippen LogP contribution in [0.5, 0.6) is 0 Å². The first-order chi connectivity index (χ1) is 9.13. The Labute approximate surface area is 112 Å². The van der Waals surface area contributed by atoms with E-state index in [-0.39, 0.29) is 5.91 Å². The summed E-state index contributed by atoms with van der Waals surface area (Å²) in [5.74, 6) is 1.16. The van der Waals surface area contributed by atoms with Crippen molar-refractivity contribution in [2.24, 2.45) is 5.92 Å². The number of pyridine rings is 1. The van der Waals surface area contributed by atoms with Crippen molar-refractivity contribution < 1.29 is 4.79 Å². The molecule has 0 spiro atoms. The fraction of sp³-hybridized carbons (Fsp3) is 0.333. The Balaban J connectivity index is 1.92. The smallest absolute Gasteiger partial charge is 0.223 e. The molecular weight excluding hydrogens is 238 g/mol. The number of aromatic nitrogens is 1. The summed E-state index contributed by atoms with van der Waals surface area (Å²) in [7, 11) is 0. The van der Waals surface area contributed by atoms with Crippen molar-refractivity contribution in [3.05, 3.63) is 35.9 Å². The average molecular weight is 255 g/mol. The van der Waals surface area contributed by atoms with E-state index in [0.717, 1.165) is 23.0 Å². The first kappa shape index (κ1) is 12.0. The summed E-state index contributed by atoms with van der Waals surface area (Å²) in [6.45, 7) is 3.47. The Morgan fingerprint density at radius 1 is 1.42 bits per heavy atom. The molecule has 2 heterocycles. The van der Waals surface area contributed by atoms with Gasteiger partial charge in [0.1, 0.15) is 5.82 Å². The number of nitrogen functional groups attached to an aromatic ring is 1. The minimum absolute atomic E-state index is 0.208. The van der Waals surface area contributed by atoms with Crippen molar-refractivity contribution in [1.82, 2.24) is 9.88 Å². The van der Waals surface area contributed by atoms with Crippen molar-refractivity contribution in [3.63, 3.8) is 0 Å². The fourth-order valence-corrected chi connectivity index (χ4v) is 2.63. The van der Waals surface area contributed by atoms with E-state index in [1.54, 1.807) is 0 Å². The monoisotopic (exact) mass is 255 g/mol. The van der Waals surface area contributed by atoms with Gasteiger partial charge in [-0.15, -0.1) is 0 Å². The van der Waals surface area contributed by atoms with Crippen LogP contribution >= 0.6 is 0 Å². The maximum Gasteiger partial charge on any atom is 0.223 e. The van der Waals surface area contributed by atoms with Crippen LogP contribution in [0.3, 0.4) is 0 Å². The van der Waals surface area contributed by atoms with Crippen LogP contribution in [0.4, 0.5) is 5.82 Å². The number of nitrogens with zero attached hydrogens (tertiary/aromatic N) is 2. The fourth-order valence-electron chi connectivity index (χ4n) is 2.63. The molecule has 19 heavy (non-hydrogen) atoms. The van der Waals surface area contributed by atoms with Gasteiger partial charge in [0, 0.05) is 30.5 Å². The van der Waals surface area contributed by atoms with Gasteiger partial charge in [-0.2, -0.15) is 0 Å². The van der Waals surface area contributed by atoms with Gasteiger partial charge in [0.2, 0.25) is 5.91 Å². The van der Waals surface area contributed by atoms with Crippen LogP contribution in [-0.4, -0.2) is 22.3 Å². The van der Waals surface area contributed by atoms with Gasteiger partial charge in [-0.3, -0.25) is 4.79 Å². The van der Waals surface area contributed by atoms with E-state index < -0.39 is 0 Å². The highest BCUT2D eigenvalue weighted by Crippen LogP contribution is 2.23. The lowest BCUT2D eigenvalue weighted by Crippen LogP contribution is -2.25. The maximum atomic E-state index is 11.8. The molecule has 4 heteroatoms. The van der Waals surface area contributed by atoms with Crippen molar-refractivity contribution in [2.75, 3.05) is 12.3 Å². The largest absolute Gasteiger partial charge is 0.383 e. The zero-order valence-electron chi connectivity index (χ0n) is 11.0. The van der Waals surface area contributed by atoms with Crippen molar-refractivity contribution in [2.45, 2.75) is 19.9 Å². The third kappa shape index (κ3) is 2.26. The van der Waals surface area contributed by atoms with E-state index in [1.165, 1.54) is 0 Å². The molecule has 1 saturated heterocycles. The number of hydrogen-bond donors (Lipinski definition) is 1. The Bertz CT molecular complexity index is 638. The molecule has 0 radical (unpaired) electrons. The number of fused-ring (bicyclic) bond motifs is 1. The second-order valence-electron chi connectivity index (χ2n) is 5.31. The Morgan fingerprint density at radius 2 is 2.21 bits per heavy atom. The molecule has 1 aromatic carbocycles. The third-order valence-electron chi connectivity index (χ3n) is 3.61. The Hall–Kier alpha value is -2.10. The number of likely N-dealkylation sites (tertiary alicyclic amines) is 1. The van der Waals surface area contributed by atoms with Crippen molar-refractivity contribution in [3.8, 4) is 0 Å². The molecule has 1 aliphatic heterocycles. The summed E-state index contributed by atoms with van der Waals surface area (Å²) in [4.78, 5) is 18.1. The quantitative estimate of drug-likeness (QED) is 0.894. The average Bonchev–Trinajstić information content (AvgIpc) is 2.69. The number of carbonyl (C=O) groups is 1. The molecule has 0 bridgehead atoms. The molecule has 1 aliphatic rings. The van der Waals surface area contributed by atoms with Crippen LogP contribution < -0.4 is 5.73 Å². The van der Waals surface area contributed by atoms with Crippen LogP contribution in [0.2, 0.25) is 0 Å². The van der Waals surface area contributed by atoms with Crippen LogP contribution in [-0.2, 0) is 11.3 Å². The number of nitrogens with two attached hydrogens (primary N) is 1. The first-order valence-electron chi connectivity index (χ1n) is 6.55. The predicted octanol–water partition coefficient (Wildman–Crippen LogP) is 2.19. The van der Waals surface area contributed by atoms with Gasteiger partial charge in [-0.25, -0.2) is 4.98 Å². The van der Waals surface area contributed by atoms with Gasteiger partial charge in [0.05, 0.1) is 5.52 Å². The number of anilines is 1. The Kier molecular flexibility index (Phi) is 2.85. The molecule has 0 aliphatic carbocycles. The first-order valence-corrected chi connectivity index (χ1v) is 6.55. The molecule has 1 aromatic heterocycles. The van der Waals surface area contributed by atoms with Gasteiger partial charge in [-0.05, 0) is 18.1 Å². The van der Waals surface area contributed by atoms with E-state index in [4.69, 9.17) is 5.73 Å². The molecule has 1 fully saturated rings. The van der Waals surface area contributed by atoms with E-state index in [2.05, 4.69) is 11.9 Å². The van der Waals surface area contributed by atoms with E-state index in [0.29, 0.717) is 24.7 Å². The van der Waals surface area contributed by atoms with Gasteiger partial charge in [-0.1, -0.05) is 25.1 Å². The molecule has 1 atom stereocenters. The number of benzene rings is 1. The molecule has 3 rings (SSSR count). The summed E-state index contributed by atoms with van der Waals surface area (Å²) in [5, 5.41) is 1.06. The second kappa shape index (κ2) is 4.53. The second-order valence-corrected chi connectivity index (χ2v) is 5.31. The molecule has 1 amide bonds. The summed E-state index contributed by atoms with van der Waals surface area (Å²) in [6.07, 6.45) is 0.640. The highest BCUT2D eigenvalue weighted by atomic mass is 16.2. The number of carbonyl (C=O) groups excluding carboxylic acids is 1. The van der Waals surface area contributed by atoms with Crippen molar-refractivity contribution in [1.29, 1.82) is 0 Å². The SMILES string of the molecule is CC1CC(=O)N(Cc2cc3ccccc3nc2N)C1. The molecule has 2 aromatic rings. The Morgan fingerprint density at radius 3 is 2.95 bits per heavy atom. The number of amides is 1. The molecule has 98 valence electrons. The third-order valence-corrected chi connectivity index (χ3v) is 3.61. The van der Waals surface area contributed by atoms with E-state index >= 15 is 0 Å². The van der Waals surface area contributed by atoms with Gasteiger partial charge >= 0.3 is 0 Å². The van der Waals surface area contributed by atoms with Gasteiger partial charge < -0.3 is 10.6 Å². The van der Waals surface area contributed by atoms with Crippen LogP contribution in [0.15, 0.2) is 30.3 Å². The van der Waals surface area contributed by atoms with E-state index in [1.807, 2.05) is 35.2 Å². The minimum Gasteiger partial charge on any atom is -0.383 e. The summed E-state index contributed by atoms with van der Waals surface area (Å²) >= 11 is 0. The lowest BCUT2D eigenvalue weighted by Gasteiger charge is -2.17. The number of rotatable bonds is 2. The van der Waals surface area contributed by atoms with Crippen molar-refractivity contribution >= 4 is 22.6 Å². The maximum absolute atomic E-state index is 11.8. The molecule has 4 nitrogen and oxygen atoms in total. The molecular formula is C15H17N3O. The normalized spacial score (nSPS) is 19.3. The summed E-state index contributed by atoms with van der Waals surface area (Å²) in [6, 6.07) is 9.92. The zero-order valence-corrected chi connectivity index (χ0v) is 11.0. The van der Waals surface area contributed by atoms with Crippen LogP contribution in [0.25, 0.3) is 10.9 Å². The number of para-hydroxylation sites is 1. The number of hydrogen-bond acceptors (Lipinski definition) is 3. The topological polar surface area (TPSA) is 59.2 Å². The molecule has 0 saturated carbocycles. The molecule has 2 N–H and O–H groups in total. The lowest BCUT2D eigenvalue weighted by atomic mass is 10.1. The highest BCUT2D eigenvalue weighted by molar-refractivity contribution is 5.82. The lowest BCUT2D eigenvalue weighted by molar-refractivity contribution is -0.128. The van der Waals surface area contributed by atoms with Gasteiger partial charge in [0.15, 0.2) is 0 Å². The molecule has 1 unspecified atom stereocenters. The zero-order chi connectivity index (χ0) is 13.4. The highest BCUT2D eigenvalue weighted by Gasteiger charge is 2.26. The minimum atomic E-state index is 0.208. The van der Waals surface area contributed by atoms with Gasteiger partial charge in [0.25, 0.3) is 0 Å². The van der Waals surface area contributed by atoms with E-state index in [9.17, 15) is 4.79 Å². The standard InChI is InChI=1S/C15H17N3O/c1-10-6-14(19)18(8-10)9-12-7-11-4-2-3-5-13(11)17-15(12)16/h2-5,7,10H,6,8-9H2,1H3,(H2,16,17). The predicted molar refractivity (Wildman–Crippen MR) is 75.4 cm³/mol. The summed E-state index contributed by atoms with van der Waals surface area (Å²) < 4.78 is 0. The van der Waals surface area contributed by atoms with Crippen LogP contribution in [0, 0.1) is 5.92 Å².